The van der Waals surface area contributed by atoms with Gasteiger partial charge in [-0.05, 0) is 55.3 Å². The molecule has 0 atom stereocenters. The first-order chi connectivity index (χ1) is 9.56. The fourth-order valence-electron chi connectivity index (χ4n) is 1.87. The van der Waals surface area contributed by atoms with E-state index in [-0.39, 0.29) is 5.02 Å². The van der Waals surface area contributed by atoms with Crippen molar-refractivity contribution in [3.05, 3.63) is 58.4 Å². The maximum absolute atomic E-state index is 13.0. The lowest BCUT2D eigenvalue weighted by Crippen LogP contribution is -2.13. The molecule has 106 valence electrons. The molecule has 0 saturated heterocycles. The summed E-state index contributed by atoms with van der Waals surface area (Å²) in [4.78, 5) is 0. The second kappa shape index (κ2) is 6.62. The van der Waals surface area contributed by atoms with Gasteiger partial charge in [-0.1, -0.05) is 17.7 Å². The number of benzene rings is 2. The molecule has 0 aliphatic heterocycles. The van der Waals surface area contributed by atoms with Gasteiger partial charge in [-0.2, -0.15) is 0 Å². The maximum Gasteiger partial charge on any atom is 0.141 e. The summed E-state index contributed by atoms with van der Waals surface area (Å²) in [7, 11) is 0. The lowest BCUT2D eigenvalue weighted by molar-refractivity contribution is 0.628. The monoisotopic (exact) mass is 292 g/mol. The number of rotatable bonds is 5. The Bertz CT molecular complexity index is 546. The Balaban J connectivity index is 1.81. The Hall–Kier alpha value is -1.74. The lowest BCUT2D eigenvalue weighted by Gasteiger charge is -2.10. The zero-order valence-electron chi connectivity index (χ0n) is 11.6. The maximum atomic E-state index is 13.0. The van der Waals surface area contributed by atoms with Crippen molar-refractivity contribution >= 4 is 23.0 Å². The van der Waals surface area contributed by atoms with Gasteiger partial charge in [0.15, 0.2) is 0 Å². The summed E-state index contributed by atoms with van der Waals surface area (Å²) in [5, 5.41) is 6.67. The van der Waals surface area contributed by atoms with Crippen LogP contribution in [0.2, 0.25) is 5.02 Å². The zero-order chi connectivity index (χ0) is 14.5. The van der Waals surface area contributed by atoms with Crippen molar-refractivity contribution < 1.29 is 4.39 Å². The lowest BCUT2D eigenvalue weighted by atomic mass is 10.1. The molecule has 0 bridgehead atoms. The van der Waals surface area contributed by atoms with Crippen LogP contribution in [0.1, 0.15) is 11.1 Å². The molecular formula is C16H18ClFN2. The van der Waals surface area contributed by atoms with E-state index in [2.05, 4.69) is 42.7 Å². The van der Waals surface area contributed by atoms with Gasteiger partial charge in [0.25, 0.3) is 0 Å². The molecule has 2 nitrogen and oxygen atoms in total. The van der Waals surface area contributed by atoms with Crippen molar-refractivity contribution in [2.45, 2.75) is 13.8 Å². The molecule has 0 unspecified atom stereocenters. The molecule has 2 aromatic rings. The quantitative estimate of drug-likeness (QED) is 0.786. The van der Waals surface area contributed by atoms with Crippen LogP contribution in [0.15, 0.2) is 36.4 Å². The molecule has 4 heteroatoms. The Morgan fingerprint density at radius 1 is 0.900 bits per heavy atom. The topological polar surface area (TPSA) is 24.1 Å². The van der Waals surface area contributed by atoms with Gasteiger partial charge in [-0.25, -0.2) is 4.39 Å². The van der Waals surface area contributed by atoms with E-state index in [0.29, 0.717) is 0 Å². The minimum Gasteiger partial charge on any atom is -0.383 e. The minimum atomic E-state index is -0.398. The molecule has 0 fully saturated rings. The molecule has 0 saturated carbocycles. The third kappa shape index (κ3) is 3.87. The molecule has 0 heterocycles. The van der Waals surface area contributed by atoms with E-state index in [4.69, 9.17) is 11.6 Å². The van der Waals surface area contributed by atoms with Crippen molar-refractivity contribution in [1.82, 2.24) is 0 Å². The molecule has 2 N–H and O–H groups in total. The summed E-state index contributed by atoms with van der Waals surface area (Å²) in [6, 6.07) is 10.9. The molecule has 0 aliphatic carbocycles. The highest BCUT2D eigenvalue weighted by molar-refractivity contribution is 6.31. The van der Waals surface area contributed by atoms with Gasteiger partial charge in [-0.15, -0.1) is 0 Å². The van der Waals surface area contributed by atoms with Crippen LogP contribution in [0.4, 0.5) is 15.8 Å². The number of anilines is 2. The second-order valence-corrected chi connectivity index (χ2v) is 5.19. The molecular weight excluding hydrogens is 275 g/mol. The SMILES string of the molecule is Cc1ccc(NCCNc2ccc(F)c(Cl)c2)cc1C. The Morgan fingerprint density at radius 2 is 1.50 bits per heavy atom. The van der Waals surface area contributed by atoms with Crippen LogP contribution in [0.25, 0.3) is 0 Å². The average molecular weight is 293 g/mol. The van der Waals surface area contributed by atoms with E-state index in [9.17, 15) is 4.39 Å². The third-order valence-electron chi connectivity index (χ3n) is 3.21. The van der Waals surface area contributed by atoms with Gasteiger partial charge in [0.05, 0.1) is 5.02 Å². The summed E-state index contributed by atoms with van der Waals surface area (Å²) in [5.74, 6) is -0.398. The Kier molecular flexibility index (Phi) is 4.85. The van der Waals surface area contributed by atoms with Crippen molar-refractivity contribution in [3.8, 4) is 0 Å². The standard InChI is InChI=1S/C16H18ClFN2/c1-11-3-4-13(9-12(11)2)19-7-8-20-14-5-6-16(18)15(17)10-14/h3-6,9-10,19-20H,7-8H2,1-2H3. The zero-order valence-corrected chi connectivity index (χ0v) is 12.4. The third-order valence-corrected chi connectivity index (χ3v) is 3.50. The molecule has 0 spiro atoms. The highest BCUT2D eigenvalue weighted by atomic mass is 35.5. The highest BCUT2D eigenvalue weighted by Crippen LogP contribution is 2.19. The van der Waals surface area contributed by atoms with Gasteiger partial charge < -0.3 is 10.6 Å². The van der Waals surface area contributed by atoms with Gasteiger partial charge in [0, 0.05) is 24.5 Å². The molecule has 0 aromatic heterocycles. The predicted octanol–water partition coefficient (Wildman–Crippen LogP) is 4.62. The molecule has 0 aliphatic rings. The van der Waals surface area contributed by atoms with Crippen LogP contribution in [0, 0.1) is 19.7 Å². The molecule has 2 aromatic carbocycles. The van der Waals surface area contributed by atoms with Crippen LogP contribution in [0.3, 0.4) is 0 Å². The van der Waals surface area contributed by atoms with Crippen LogP contribution < -0.4 is 10.6 Å². The number of aryl methyl sites for hydroxylation is 2. The first kappa shape index (κ1) is 14.7. The fraction of sp³-hybridized carbons (Fsp3) is 0.250. The van der Waals surface area contributed by atoms with Crippen molar-refractivity contribution in [2.24, 2.45) is 0 Å². The number of hydrogen-bond donors (Lipinski definition) is 2. The van der Waals surface area contributed by atoms with E-state index in [1.54, 1.807) is 12.1 Å². The van der Waals surface area contributed by atoms with Crippen LogP contribution in [-0.4, -0.2) is 13.1 Å². The van der Waals surface area contributed by atoms with Crippen molar-refractivity contribution in [2.75, 3.05) is 23.7 Å². The smallest absolute Gasteiger partial charge is 0.141 e. The molecule has 2 rings (SSSR count). The number of nitrogens with one attached hydrogen (secondary N) is 2. The summed E-state index contributed by atoms with van der Waals surface area (Å²) in [6.45, 7) is 5.70. The summed E-state index contributed by atoms with van der Waals surface area (Å²) >= 11 is 5.72. The van der Waals surface area contributed by atoms with Gasteiger partial charge in [0.2, 0.25) is 0 Å². The number of hydrogen-bond acceptors (Lipinski definition) is 2. The van der Waals surface area contributed by atoms with E-state index in [1.165, 1.54) is 17.2 Å². The van der Waals surface area contributed by atoms with Gasteiger partial charge in [0.1, 0.15) is 5.82 Å². The Labute approximate surface area is 124 Å². The second-order valence-electron chi connectivity index (χ2n) is 4.78. The molecule has 20 heavy (non-hydrogen) atoms. The first-order valence-electron chi connectivity index (χ1n) is 6.56. The van der Waals surface area contributed by atoms with E-state index >= 15 is 0 Å². The first-order valence-corrected chi connectivity index (χ1v) is 6.94. The van der Waals surface area contributed by atoms with Gasteiger partial charge in [-0.3, -0.25) is 0 Å². The van der Waals surface area contributed by atoms with Crippen molar-refractivity contribution in [1.29, 1.82) is 0 Å². The summed E-state index contributed by atoms with van der Waals surface area (Å²) in [6.07, 6.45) is 0. The highest BCUT2D eigenvalue weighted by Gasteiger charge is 2.00. The van der Waals surface area contributed by atoms with Crippen molar-refractivity contribution in [3.63, 3.8) is 0 Å². The van der Waals surface area contributed by atoms with E-state index < -0.39 is 5.82 Å². The minimum absolute atomic E-state index is 0.136. The Morgan fingerprint density at radius 3 is 2.10 bits per heavy atom. The van der Waals surface area contributed by atoms with Crippen LogP contribution >= 0.6 is 11.6 Å². The summed E-state index contributed by atoms with van der Waals surface area (Å²) < 4.78 is 13.0. The van der Waals surface area contributed by atoms with E-state index in [1.807, 2.05) is 0 Å². The summed E-state index contributed by atoms with van der Waals surface area (Å²) in [5.41, 5.74) is 4.48. The molecule has 0 amide bonds. The molecule has 0 radical (unpaired) electrons. The predicted molar refractivity (Wildman–Crippen MR) is 84.3 cm³/mol. The van der Waals surface area contributed by atoms with Gasteiger partial charge >= 0.3 is 0 Å². The van der Waals surface area contributed by atoms with E-state index in [0.717, 1.165) is 24.5 Å². The number of halogens is 2. The fourth-order valence-corrected chi connectivity index (χ4v) is 2.05. The largest absolute Gasteiger partial charge is 0.383 e. The van der Waals surface area contributed by atoms with Crippen LogP contribution in [0.5, 0.6) is 0 Å². The van der Waals surface area contributed by atoms with Crippen LogP contribution in [-0.2, 0) is 0 Å². The average Bonchev–Trinajstić information content (AvgIpc) is 2.42. The normalized spacial score (nSPS) is 10.4.